The van der Waals surface area contributed by atoms with Crippen molar-refractivity contribution in [2.45, 2.75) is 19.8 Å². The second-order valence-corrected chi connectivity index (χ2v) is 10.2. The maximum absolute atomic E-state index is 13.5. The molecule has 0 spiro atoms. The van der Waals surface area contributed by atoms with Crippen LogP contribution in [0.2, 0.25) is 0 Å². The summed E-state index contributed by atoms with van der Waals surface area (Å²) >= 11 is 1.23. The Bertz CT molecular complexity index is 1590. The Morgan fingerprint density at radius 1 is 1.13 bits per heavy atom. The largest absolute Gasteiger partial charge is 0.457 e. The average molecular weight is 525 g/mol. The second-order valence-electron chi connectivity index (χ2n) is 9.22. The molecule has 2 aromatic carbocycles. The van der Waals surface area contributed by atoms with E-state index in [0.717, 1.165) is 29.3 Å². The first kappa shape index (κ1) is 23.9. The lowest BCUT2D eigenvalue weighted by Crippen LogP contribution is -2.39. The molecule has 1 fully saturated rings. The highest BCUT2D eigenvalue weighted by molar-refractivity contribution is 7.23. The molecule has 38 heavy (non-hydrogen) atoms. The van der Waals surface area contributed by atoms with Crippen LogP contribution < -0.4 is 25.2 Å². The molecular weight excluding hydrogens is 500 g/mol. The topological polar surface area (TPSA) is 111 Å². The van der Waals surface area contributed by atoms with Gasteiger partial charge in [0.2, 0.25) is 5.91 Å². The highest BCUT2D eigenvalue weighted by Gasteiger charge is 2.36. The number of amides is 3. The minimum Gasteiger partial charge on any atom is -0.457 e. The fourth-order valence-electron chi connectivity index (χ4n) is 4.98. The van der Waals surface area contributed by atoms with Crippen LogP contribution in [-0.4, -0.2) is 30.0 Å². The molecule has 190 valence electrons. The molecule has 3 amide bonds. The zero-order valence-electron chi connectivity index (χ0n) is 20.6. The molecule has 0 saturated carbocycles. The number of rotatable bonds is 5. The number of ether oxygens (including phenoxy) is 1. The lowest BCUT2D eigenvalue weighted by Gasteiger charge is -2.30. The van der Waals surface area contributed by atoms with Crippen molar-refractivity contribution in [2.75, 3.05) is 28.2 Å². The van der Waals surface area contributed by atoms with Crippen LogP contribution in [-0.2, 0) is 4.79 Å². The van der Waals surface area contributed by atoms with Crippen molar-refractivity contribution in [3.8, 4) is 17.7 Å². The van der Waals surface area contributed by atoms with Crippen molar-refractivity contribution in [2.24, 2.45) is 5.92 Å². The van der Waals surface area contributed by atoms with Gasteiger partial charge in [-0.05, 0) is 74.8 Å². The van der Waals surface area contributed by atoms with Gasteiger partial charge in [0.05, 0.1) is 22.4 Å². The van der Waals surface area contributed by atoms with Gasteiger partial charge in [-0.15, -0.1) is 0 Å². The number of benzene rings is 2. The molecule has 0 bridgehead atoms. The van der Waals surface area contributed by atoms with E-state index in [0.29, 0.717) is 50.9 Å². The Morgan fingerprint density at radius 3 is 2.66 bits per heavy atom. The number of hydrogen-bond acceptors (Lipinski definition) is 7. The van der Waals surface area contributed by atoms with E-state index in [1.54, 1.807) is 17.2 Å². The van der Waals surface area contributed by atoms with Crippen LogP contribution in [0.5, 0.6) is 11.5 Å². The Kier molecular flexibility index (Phi) is 6.15. The first-order valence-electron chi connectivity index (χ1n) is 12.4. The van der Waals surface area contributed by atoms with Gasteiger partial charge in [0.25, 0.3) is 0 Å². The number of nitrogens with zero attached hydrogens (tertiary/aromatic N) is 4. The lowest BCUT2D eigenvalue weighted by atomic mass is 9.97. The number of thiophene rings is 1. The molecule has 2 N–H and O–H groups in total. The fourth-order valence-corrected chi connectivity index (χ4v) is 6.06. The van der Waals surface area contributed by atoms with Gasteiger partial charge < -0.3 is 15.4 Å². The van der Waals surface area contributed by atoms with Crippen LogP contribution in [0.25, 0.3) is 10.2 Å². The van der Waals surface area contributed by atoms with Gasteiger partial charge in [0.1, 0.15) is 21.3 Å². The van der Waals surface area contributed by atoms with E-state index in [1.165, 1.54) is 11.3 Å². The molecule has 9 nitrogen and oxygen atoms in total. The van der Waals surface area contributed by atoms with Gasteiger partial charge in [0.15, 0.2) is 6.19 Å². The third-order valence-corrected chi connectivity index (χ3v) is 7.91. The van der Waals surface area contributed by atoms with Gasteiger partial charge in [-0.25, -0.2) is 14.7 Å². The number of urea groups is 1. The molecule has 0 unspecified atom stereocenters. The molecule has 10 heteroatoms. The van der Waals surface area contributed by atoms with E-state index in [-0.39, 0.29) is 17.9 Å². The molecule has 0 atom stereocenters. The molecule has 2 aromatic heterocycles. The lowest BCUT2D eigenvalue weighted by molar-refractivity contribution is -0.122. The second kappa shape index (κ2) is 9.78. The summed E-state index contributed by atoms with van der Waals surface area (Å²) in [5.41, 5.74) is 2.62. The Balaban J connectivity index is 1.38. The predicted octanol–water partition coefficient (Wildman–Crippen LogP) is 5.89. The fraction of sp³-hybridized carbons (Fsp3) is 0.214. The van der Waals surface area contributed by atoms with Crippen LogP contribution in [0.15, 0.2) is 60.8 Å². The maximum atomic E-state index is 13.5. The van der Waals surface area contributed by atoms with Crippen molar-refractivity contribution in [1.29, 1.82) is 5.26 Å². The third kappa shape index (κ3) is 4.12. The number of hydrogen-bond donors (Lipinski definition) is 2. The molecule has 4 aromatic rings. The summed E-state index contributed by atoms with van der Waals surface area (Å²) in [6.07, 6.45) is 5.04. The summed E-state index contributed by atoms with van der Waals surface area (Å²) in [5.74, 6) is 0.896. The molecule has 4 heterocycles. The van der Waals surface area contributed by atoms with Crippen molar-refractivity contribution >= 4 is 55.6 Å². The van der Waals surface area contributed by atoms with Gasteiger partial charge in [0, 0.05) is 12.1 Å². The maximum Gasteiger partial charge on any atom is 0.331 e. The Morgan fingerprint density at radius 2 is 1.92 bits per heavy atom. The molecule has 1 saturated heterocycles. The summed E-state index contributed by atoms with van der Waals surface area (Å²) in [5, 5.41) is 17.2. The quantitative estimate of drug-likeness (QED) is 0.249. The van der Waals surface area contributed by atoms with Crippen molar-refractivity contribution < 1.29 is 14.3 Å². The predicted molar refractivity (Wildman–Crippen MR) is 147 cm³/mol. The SMILES string of the molecule is Cc1cc(Oc2ccccc2)ccc1N1C(=O)Nc2c(N(C#N)C(=O)C3CCNCC3)sc3nccc1c23. The van der Waals surface area contributed by atoms with E-state index in [9.17, 15) is 14.9 Å². The summed E-state index contributed by atoms with van der Waals surface area (Å²) in [4.78, 5) is 34.7. The van der Waals surface area contributed by atoms with E-state index >= 15 is 0 Å². The number of nitrogens with one attached hydrogen (secondary N) is 2. The molecule has 0 radical (unpaired) electrons. The summed E-state index contributed by atoms with van der Waals surface area (Å²) in [7, 11) is 0. The van der Waals surface area contributed by atoms with E-state index in [4.69, 9.17) is 4.74 Å². The van der Waals surface area contributed by atoms with Gasteiger partial charge in [-0.1, -0.05) is 29.5 Å². The van der Waals surface area contributed by atoms with Gasteiger partial charge in [-0.2, -0.15) is 5.26 Å². The molecule has 2 aliphatic rings. The summed E-state index contributed by atoms with van der Waals surface area (Å²) < 4.78 is 5.96. The highest BCUT2D eigenvalue weighted by atomic mass is 32.1. The first-order chi connectivity index (χ1) is 18.5. The zero-order valence-corrected chi connectivity index (χ0v) is 21.4. The molecule has 6 rings (SSSR count). The van der Waals surface area contributed by atoms with Crippen LogP contribution in [0, 0.1) is 24.3 Å². The van der Waals surface area contributed by atoms with Crippen LogP contribution in [0.3, 0.4) is 0 Å². The van der Waals surface area contributed by atoms with E-state index in [2.05, 4.69) is 21.8 Å². The number of piperidine rings is 1. The van der Waals surface area contributed by atoms with Crippen LogP contribution in [0.4, 0.5) is 26.9 Å². The number of aromatic nitrogens is 1. The standard InChI is InChI=1S/C28H24N6O3S/c1-17-15-20(37-19-5-3-2-4-6-19)7-8-21(17)34-22-11-14-31-25-23(22)24(32-28(34)36)27(38-25)33(16-29)26(35)18-9-12-30-13-10-18/h2-8,11,14-15,18,30H,9-10,12-13H2,1H3,(H,32,36). The zero-order chi connectivity index (χ0) is 26.2. The van der Waals surface area contributed by atoms with Gasteiger partial charge in [-0.3, -0.25) is 9.69 Å². The number of pyridine rings is 1. The Labute approximate surface area is 223 Å². The van der Waals surface area contributed by atoms with Gasteiger partial charge >= 0.3 is 6.03 Å². The number of aryl methyl sites for hydroxylation is 1. The average Bonchev–Trinajstić information content (AvgIpc) is 3.30. The number of para-hydroxylation sites is 1. The monoisotopic (exact) mass is 524 g/mol. The third-order valence-electron chi connectivity index (χ3n) is 6.83. The highest BCUT2D eigenvalue weighted by Crippen LogP contribution is 2.50. The van der Waals surface area contributed by atoms with Crippen LogP contribution in [0.1, 0.15) is 18.4 Å². The number of anilines is 4. The smallest absolute Gasteiger partial charge is 0.331 e. The summed E-state index contributed by atoms with van der Waals surface area (Å²) in [6.45, 7) is 3.39. The molecular formula is C28H24N6O3S. The number of carbonyl (C=O) groups excluding carboxylic acids is 2. The minimum absolute atomic E-state index is 0.240. The van der Waals surface area contributed by atoms with Crippen LogP contribution >= 0.6 is 11.3 Å². The Hall–Kier alpha value is -4.46. The van der Waals surface area contributed by atoms with Crippen molar-refractivity contribution in [3.05, 3.63) is 66.4 Å². The van der Waals surface area contributed by atoms with Crippen molar-refractivity contribution in [3.63, 3.8) is 0 Å². The van der Waals surface area contributed by atoms with E-state index < -0.39 is 0 Å². The number of carbonyl (C=O) groups is 2. The van der Waals surface area contributed by atoms with E-state index in [1.807, 2.05) is 55.5 Å². The molecule has 0 aliphatic carbocycles. The number of nitriles is 1. The normalized spacial score (nSPS) is 15.2. The minimum atomic E-state index is -0.378. The van der Waals surface area contributed by atoms with Crippen molar-refractivity contribution in [1.82, 2.24) is 10.3 Å². The summed E-state index contributed by atoms with van der Waals surface area (Å²) in [6, 6.07) is 16.5. The first-order valence-corrected chi connectivity index (χ1v) is 13.2. The molecule has 2 aliphatic heterocycles.